The summed E-state index contributed by atoms with van der Waals surface area (Å²) < 4.78 is 48.0. The van der Waals surface area contributed by atoms with Crippen molar-refractivity contribution in [2.45, 2.75) is 90.7 Å². The average Bonchev–Trinajstić information content (AvgIpc) is 3.52. The lowest BCUT2D eigenvalue weighted by Gasteiger charge is -2.43. The molecule has 1 aliphatic carbocycles. The Morgan fingerprint density at radius 3 is 2.73 bits per heavy atom. The minimum Gasteiger partial charge on any atom is -0.494 e. The van der Waals surface area contributed by atoms with E-state index >= 15 is 0 Å². The van der Waals surface area contributed by atoms with E-state index in [4.69, 9.17) is 30.5 Å². The number of rotatable bonds is 5. The standard InChI is InChI=1S/C42H53ClN4O7S/c1-5-33-23-47-24-35(40(52-4)37(47)25-54-33)42(49)45-55(50)26-27(2)9-8-11-38(51-3)34-16-13-31(34)22-46-21-30-12-15-32(43)19-28(30)10-6-7-18-53-39-17-14-29(20-36(39)46)41(48)44-55/h8,11-12,14-15,17,19-20,24,27,31,33-34,38H,5-7,9-10,13,16,18,21-23,25-26H2,1-4H3,(H,44,45,48,49,50)/b11-8+/t27-,31-,33-,34+,38-,55?/m0/s1. The van der Waals surface area contributed by atoms with Gasteiger partial charge in [-0.2, -0.15) is 0 Å². The molecule has 2 bridgehead atoms. The number of anilines is 1. The monoisotopic (exact) mass is 792 g/mol. The van der Waals surface area contributed by atoms with Crippen LogP contribution in [-0.2, 0) is 45.5 Å². The summed E-state index contributed by atoms with van der Waals surface area (Å²) in [4.78, 5) is 30.5. The van der Waals surface area contributed by atoms with Gasteiger partial charge >= 0.3 is 0 Å². The van der Waals surface area contributed by atoms with E-state index in [-0.39, 0.29) is 35.0 Å². The molecule has 1 saturated carbocycles. The van der Waals surface area contributed by atoms with Gasteiger partial charge in [0.2, 0.25) is 0 Å². The number of hydrogen-bond acceptors (Lipinski definition) is 8. The van der Waals surface area contributed by atoms with Gasteiger partial charge in [-0.3, -0.25) is 14.3 Å². The maximum atomic E-state index is 14.9. The molecule has 2 aromatic carbocycles. The van der Waals surface area contributed by atoms with Crippen LogP contribution in [0.4, 0.5) is 5.69 Å². The van der Waals surface area contributed by atoms with E-state index in [1.807, 2.05) is 29.7 Å². The number of hydrogen-bond donors (Lipinski definition) is 1. The number of benzene rings is 2. The second kappa shape index (κ2) is 17.1. The van der Waals surface area contributed by atoms with Crippen LogP contribution in [0.15, 0.2) is 59.1 Å². The largest absolute Gasteiger partial charge is 0.494 e. The number of amides is 2. The van der Waals surface area contributed by atoms with Crippen LogP contribution in [0.1, 0.15) is 89.9 Å². The number of carbonyl (C=O) groups is 2. The number of nitrogens with one attached hydrogen (secondary N) is 1. The first-order chi connectivity index (χ1) is 26.6. The number of methoxy groups -OCH3 is 2. The fourth-order valence-electron chi connectivity index (χ4n) is 8.37. The molecule has 1 N–H and O–H groups in total. The van der Waals surface area contributed by atoms with Gasteiger partial charge in [0.15, 0.2) is 5.75 Å². The first-order valence-corrected chi connectivity index (χ1v) is 21.6. The second-order valence-corrected chi connectivity index (χ2v) is 17.8. The number of fused-ring (bicyclic) bond motifs is 4. The number of carbonyl (C=O) groups excluding carboxylic acids is 2. The van der Waals surface area contributed by atoms with Crippen molar-refractivity contribution in [1.29, 1.82) is 0 Å². The van der Waals surface area contributed by atoms with Crippen LogP contribution < -0.4 is 19.1 Å². The van der Waals surface area contributed by atoms with Crippen molar-refractivity contribution in [2.75, 3.05) is 38.0 Å². The Balaban J connectivity index is 1.30. The highest BCUT2D eigenvalue weighted by Crippen LogP contribution is 2.42. The Morgan fingerprint density at radius 1 is 1.11 bits per heavy atom. The molecule has 296 valence electrons. The SMILES string of the molecule is CC[C@H]1Cn2cc(C(=O)NS3(=O)=NC(=O)c4ccc5c(c4)N(Cc4ccc(Cl)cc4CCCCO5)C[C@@H]4CC[C@H]4[C@@H](OC)/C=C/C[C@H](C)C3)c(OC)c2CO1. The number of aromatic nitrogens is 1. The van der Waals surface area contributed by atoms with Gasteiger partial charge in [-0.15, -0.1) is 4.36 Å². The van der Waals surface area contributed by atoms with Crippen LogP contribution in [0.5, 0.6) is 11.5 Å². The van der Waals surface area contributed by atoms with Crippen LogP contribution in [-0.4, -0.2) is 65.9 Å². The predicted molar refractivity (Wildman–Crippen MR) is 214 cm³/mol. The first-order valence-electron chi connectivity index (χ1n) is 19.5. The third-order valence-electron chi connectivity index (χ3n) is 11.6. The summed E-state index contributed by atoms with van der Waals surface area (Å²) in [7, 11) is -0.378. The molecule has 4 aliphatic rings. The number of ether oxygens (including phenoxy) is 4. The lowest BCUT2D eigenvalue weighted by Crippen LogP contribution is -2.43. The Bertz CT molecular complexity index is 2060. The summed E-state index contributed by atoms with van der Waals surface area (Å²) >= 11 is 6.49. The molecule has 13 heteroatoms. The summed E-state index contributed by atoms with van der Waals surface area (Å²) in [6.45, 7) is 6.70. The van der Waals surface area contributed by atoms with E-state index in [9.17, 15) is 13.8 Å². The lowest BCUT2D eigenvalue weighted by molar-refractivity contribution is 0.00144. The molecule has 1 unspecified atom stereocenters. The summed E-state index contributed by atoms with van der Waals surface area (Å²) in [5.41, 5.74) is 4.37. The molecule has 0 radical (unpaired) electrons. The van der Waals surface area contributed by atoms with Crippen LogP contribution in [0.25, 0.3) is 0 Å². The maximum absolute atomic E-state index is 14.9. The Kier molecular flexibility index (Phi) is 12.3. The molecule has 0 spiro atoms. The van der Waals surface area contributed by atoms with Crippen molar-refractivity contribution < 1.29 is 32.7 Å². The van der Waals surface area contributed by atoms with E-state index in [1.54, 1.807) is 19.4 Å². The number of nitrogens with zero attached hydrogens (tertiary/aromatic N) is 3. The van der Waals surface area contributed by atoms with Crippen molar-refractivity contribution in [3.05, 3.63) is 87.7 Å². The third kappa shape index (κ3) is 8.77. The second-order valence-electron chi connectivity index (χ2n) is 15.4. The van der Waals surface area contributed by atoms with E-state index in [1.165, 1.54) is 18.2 Å². The summed E-state index contributed by atoms with van der Waals surface area (Å²) in [6, 6.07) is 11.4. The quantitative estimate of drug-likeness (QED) is 0.261. The lowest BCUT2D eigenvalue weighted by atomic mass is 9.70. The van der Waals surface area contributed by atoms with Crippen molar-refractivity contribution in [3.63, 3.8) is 0 Å². The van der Waals surface area contributed by atoms with E-state index in [2.05, 4.69) is 45.2 Å². The highest BCUT2D eigenvalue weighted by Gasteiger charge is 2.38. The van der Waals surface area contributed by atoms with Crippen LogP contribution in [0.3, 0.4) is 0 Å². The van der Waals surface area contributed by atoms with Crippen molar-refractivity contribution in [1.82, 2.24) is 9.29 Å². The van der Waals surface area contributed by atoms with Gasteiger partial charge in [-0.1, -0.05) is 43.7 Å². The van der Waals surface area contributed by atoms with Gasteiger partial charge in [-0.05, 0) is 104 Å². The molecule has 11 nitrogen and oxygen atoms in total. The van der Waals surface area contributed by atoms with Crippen LogP contribution in [0.2, 0.25) is 5.02 Å². The van der Waals surface area contributed by atoms with Crippen molar-refractivity contribution >= 4 is 39.0 Å². The Morgan fingerprint density at radius 2 is 1.96 bits per heavy atom. The van der Waals surface area contributed by atoms with E-state index in [0.717, 1.165) is 56.5 Å². The minimum atomic E-state index is -3.63. The summed E-state index contributed by atoms with van der Waals surface area (Å²) in [5, 5.41) is 0.709. The molecule has 1 fully saturated rings. The minimum absolute atomic E-state index is 0.0117. The predicted octanol–water partition coefficient (Wildman–Crippen LogP) is 7.77. The molecule has 55 heavy (non-hydrogen) atoms. The van der Waals surface area contributed by atoms with Gasteiger partial charge in [0, 0.05) is 43.5 Å². The van der Waals surface area contributed by atoms with Gasteiger partial charge in [0.25, 0.3) is 11.8 Å². The summed E-state index contributed by atoms with van der Waals surface area (Å²) in [5.74, 6) is 0.179. The van der Waals surface area contributed by atoms with Gasteiger partial charge < -0.3 is 28.4 Å². The molecule has 7 rings (SSSR count). The molecule has 2 amide bonds. The fourth-order valence-corrected chi connectivity index (χ4v) is 10.4. The van der Waals surface area contributed by atoms with Crippen LogP contribution in [0, 0.1) is 17.8 Å². The fraction of sp³-hybridized carbons (Fsp3) is 0.524. The highest BCUT2D eigenvalue weighted by atomic mass is 35.5. The zero-order chi connectivity index (χ0) is 38.7. The molecular weight excluding hydrogens is 740 g/mol. The van der Waals surface area contributed by atoms with Crippen LogP contribution >= 0.6 is 11.6 Å². The Hall–Kier alpha value is -3.84. The number of allylic oxidation sites excluding steroid dienone is 1. The third-order valence-corrected chi connectivity index (χ3v) is 13.8. The highest BCUT2D eigenvalue weighted by molar-refractivity contribution is 7.92. The summed E-state index contributed by atoms with van der Waals surface area (Å²) in [6.07, 6.45) is 12.0. The first kappa shape index (κ1) is 39.4. The number of halogens is 1. The average molecular weight is 793 g/mol. The van der Waals surface area contributed by atoms with Gasteiger partial charge in [0.1, 0.15) is 21.2 Å². The normalized spacial score (nSPS) is 27.8. The molecule has 3 aromatic rings. The van der Waals surface area contributed by atoms with Crippen molar-refractivity contribution in [3.8, 4) is 11.5 Å². The zero-order valence-corrected chi connectivity index (χ0v) is 33.8. The van der Waals surface area contributed by atoms with Crippen molar-refractivity contribution in [2.24, 2.45) is 22.1 Å². The molecule has 1 aromatic heterocycles. The number of aryl methyl sites for hydroxylation is 1. The van der Waals surface area contributed by atoms with E-state index < -0.39 is 21.7 Å². The Labute approximate surface area is 330 Å². The molecule has 6 atom stereocenters. The zero-order valence-electron chi connectivity index (χ0n) is 32.3. The molecule has 0 saturated heterocycles. The molecule has 4 heterocycles. The smallest absolute Gasteiger partial charge is 0.286 e. The molecular formula is C42H53ClN4O7S. The molecule has 3 aliphatic heterocycles. The van der Waals surface area contributed by atoms with Gasteiger partial charge in [0.05, 0.1) is 49.7 Å². The topological polar surface area (TPSA) is 121 Å². The van der Waals surface area contributed by atoms with Gasteiger partial charge in [-0.25, -0.2) is 4.21 Å². The van der Waals surface area contributed by atoms with E-state index in [0.29, 0.717) is 61.1 Å². The maximum Gasteiger partial charge on any atom is 0.286 e.